The second-order valence-electron chi connectivity index (χ2n) is 18.2. The highest BCUT2D eigenvalue weighted by Gasteiger charge is 2.39. The maximum Gasteiger partial charge on any atom is 0.326 e. The van der Waals surface area contributed by atoms with Gasteiger partial charge < -0.3 is 86.1 Å². The Hall–Kier alpha value is -7.60. The number of carboxylic acid groups (broad SMARTS) is 2. The Morgan fingerprint density at radius 3 is 1.62 bits per heavy atom. The van der Waals surface area contributed by atoms with Crippen LogP contribution in [-0.4, -0.2) is 177 Å². The van der Waals surface area contributed by atoms with Crippen molar-refractivity contribution >= 4 is 89.6 Å². The molecule has 1 heterocycles. The minimum atomic E-state index is -1.69. The first kappa shape index (κ1) is 64.5. The summed E-state index contributed by atoms with van der Waals surface area (Å²) >= 11 is 4.11. The van der Waals surface area contributed by atoms with E-state index in [2.05, 4.69) is 54.8 Å². The molecule has 0 aliphatic carbocycles. The highest BCUT2D eigenvalue weighted by molar-refractivity contribution is 7.80. The number of aliphatic imine (C=N–C) groups is 1. The summed E-state index contributed by atoms with van der Waals surface area (Å²) in [6, 6.07) is -4.81. The zero-order valence-corrected chi connectivity index (χ0v) is 43.1. The summed E-state index contributed by atoms with van der Waals surface area (Å²) in [7, 11) is 0. The summed E-state index contributed by atoms with van der Waals surface area (Å²) in [5.74, 6) is -13.5. The molecule has 9 atom stereocenters. The quantitative estimate of drug-likeness (QED) is 0.0132. The van der Waals surface area contributed by atoms with Gasteiger partial charge in [-0.25, -0.2) is 4.79 Å². The van der Waals surface area contributed by atoms with Gasteiger partial charge in [-0.1, -0.05) is 44.2 Å². The Morgan fingerprint density at radius 2 is 1.13 bits per heavy atom. The number of carboxylic acids is 2. The third-order valence-electron chi connectivity index (χ3n) is 11.8. The molecule has 1 saturated heterocycles. The number of hydrogen-bond acceptors (Lipinski definition) is 16. The summed E-state index contributed by atoms with van der Waals surface area (Å²) < 4.78 is 0. The summed E-state index contributed by atoms with van der Waals surface area (Å²) in [4.78, 5) is 161. The molecule has 76 heavy (non-hydrogen) atoms. The van der Waals surface area contributed by atoms with Crippen LogP contribution in [0.1, 0.15) is 83.6 Å². The molecular formula is C46H72N14O15S. The lowest BCUT2D eigenvalue weighted by Crippen LogP contribution is -2.61. The van der Waals surface area contributed by atoms with E-state index in [9.17, 15) is 67.7 Å². The zero-order chi connectivity index (χ0) is 57.2. The van der Waals surface area contributed by atoms with Crippen molar-refractivity contribution in [2.45, 2.75) is 139 Å². The predicted octanol–water partition coefficient (Wildman–Crippen LogP) is -5.95. The van der Waals surface area contributed by atoms with Crippen LogP contribution >= 0.6 is 12.6 Å². The van der Waals surface area contributed by atoms with Crippen LogP contribution in [0.3, 0.4) is 0 Å². The van der Waals surface area contributed by atoms with Crippen LogP contribution < -0.4 is 65.9 Å². The van der Waals surface area contributed by atoms with Crippen LogP contribution in [-0.2, 0) is 64.0 Å². The molecule has 1 fully saturated rings. The summed E-state index contributed by atoms with van der Waals surface area (Å²) in [6.07, 6.45) is -2.38. The largest absolute Gasteiger partial charge is 0.481 e. The van der Waals surface area contributed by atoms with E-state index in [0.29, 0.717) is 12.0 Å². The molecule has 0 bridgehead atoms. The Bertz CT molecular complexity index is 2250. The Balaban J connectivity index is 2.42. The number of likely N-dealkylation sites (tertiary alicyclic amines) is 1. The van der Waals surface area contributed by atoms with E-state index in [-0.39, 0.29) is 51.2 Å². The first-order valence-electron chi connectivity index (χ1n) is 24.3. The minimum Gasteiger partial charge on any atom is -0.481 e. The van der Waals surface area contributed by atoms with Gasteiger partial charge in [-0.2, -0.15) is 12.6 Å². The van der Waals surface area contributed by atoms with Crippen LogP contribution in [0.4, 0.5) is 0 Å². The molecule has 29 nitrogen and oxygen atoms in total. The molecule has 0 spiro atoms. The minimum absolute atomic E-state index is 0.0432. The fourth-order valence-corrected chi connectivity index (χ4v) is 7.89. The average molecular weight is 1090 g/mol. The fraction of sp³-hybridized carbons (Fsp3) is 0.587. The van der Waals surface area contributed by atoms with Crippen molar-refractivity contribution in [2.24, 2.45) is 39.6 Å². The summed E-state index contributed by atoms with van der Waals surface area (Å²) in [5, 5.41) is 45.7. The lowest BCUT2D eigenvalue weighted by atomic mass is 9.99. The molecule has 2 rings (SSSR count). The van der Waals surface area contributed by atoms with Gasteiger partial charge in [0.05, 0.1) is 12.6 Å². The van der Waals surface area contributed by atoms with E-state index in [1.165, 1.54) is 0 Å². The fourth-order valence-electron chi connectivity index (χ4n) is 7.64. The first-order chi connectivity index (χ1) is 35.8. The Kier molecular flexibility index (Phi) is 27.7. The van der Waals surface area contributed by atoms with Crippen molar-refractivity contribution in [3.05, 3.63) is 35.9 Å². The average Bonchev–Trinajstić information content (AvgIpc) is 3.86. The third-order valence-corrected chi connectivity index (χ3v) is 12.2. The number of hydrogen-bond donors (Lipinski definition) is 16. The van der Waals surface area contributed by atoms with Gasteiger partial charge in [0.2, 0.25) is 59.1 Å². The highest BCUT2D eigenvalue weighted by Crippen LogP contribution is 2.19. The van der Waals surface area contributed by atoms with E-state index < -0.39 is 176 Å². The maximum atomic E-state index is 14.2. The number of primary amides is 2. The number of aliphatic carboxylic acids is 2. The van der Waals surface area contributed by atoms with Crippen LogP contribution in [0.5, 0.6) is 0 Å². The third kappa shape index (κ3) is 22.5. The SMILES string of the molecule is CC(C)C(NC(=O)C(Cc1ccccc1)NC(=O)C(N)CCC(=O)O)C(=O)NC(CCCN=C(N)N)C(=O)NC(CCC(N)=O)C(=O)NC(CCC(N)=O)C(=O)NC(CS)C(=O)NC(CO)C(=O)N1CCCC1C(=O)O. The van der Waals surface area contributed by atoms with E-state index in [1.807, 2.05) is 0 Å². The molecular weight excluding hydrogens is 1020 g/mol. The molecule has 422 valence electrons. The van der Waals surface area contributed by atoms with Gasteiger partial charge in [-0.05, 0) is 56.4 Å². The number of thiol groups is 1. The van der Waals surface area contributed by atoms with Gasteiger partial charge in [0.25, 0.3) is 0 Å². The lowest BCUT2D eigenvalue weighted by molar-refractivity contribution is -0.150. The number of amides is 10. The first-order valence-corrected chi connectivity index (χ1v) is 24.9. The van der Waals surface area contributed by atoms with Crippen LogP contribution in [0.25, 0.3) is 0 Å². The van der Waals surface area contributed by atoms with Gasteiger partial charge in [0.1, 0.15) is 48.3 Å². The van der Waals surface area contributed by atoms with Crippen LogP contribution in [0.15, 0.2) is 35.3 Å². The van der Waals surface area contributed by atoms with Crippen LogP contribution in [0, 0.1) is 5.92 Å². The van der Waals surface area contributed by atoms with Gasteiger partial charge in [0.15, 0.2) is 5.96 Å². The predicted molar refractivity (Wildman–Crippen MR) is 273 cm³/mol. The molecule has 1 aliphatic heterocycles. The van der Waals surface area contributed by atoms with Crippen molar-refractivity contribution in [3.63, 3.8) is 0 Å². The van der Waals surface area contributed by atoms with Crippen molar-refractivity contribution in [2.75, 3.05) is 25.4 Å². The molecule has 20 N–H and O–H groups in total. The number of benzene rings is 1. The number of rotatable bonds is 34. The standard InChI is InChI=1S/C46H72N14O15S/c1-23(2)36(59-41(70)29(20-24-8-4-3-5-9-24)56-37(66)25(47)12-17-35(64)65)43(72)55-26(10-6-18-52-46(50)51)38(67)53-27(13-15-33(48)62)39(68)54-28(14-16-34(49)63)40(69)58-31(22-76)42(71)57-30(21-61)44(73)60-19-7-11-32(60)45(74)75/h3-5,8-9,23,25-32,36,61,76H,6-7,10-22,47H2,1-2H3,(H2,48,62)(H2,49,63)(H,53,67)(H,54,68)(H,55,72)(H,56,66)(H,57,71)(H,58,69)(H,59,70)(H,64,65)(H,74,75)(H4,50,51,52). The second-order valence-corrected chi connectivity index (χ2v) is 18.5. The van der Waals surface area contributed by atoms with Gasteiger partial charge >= 0.3 is 11.9 Å². The number of aliphatic hydroxyl groups is 1. The number of guanidine groups is 1. The molecule has 1 aliphatic rings. The van der Waals surface area contributed by atoms with E-state index in [0.717, 1.165) is 4.90 Å². The van der Waals surface area contributed by atoms with Gasteiger partial charge in [-0.15, -0.1) is 0 Å². The van der Waals surface area contributed by atoms with Gasteiger partial charge in [0, 0.05) is 44.5 Å². The van der Waals surface area contributed by atoms with Crippen molar-refractivity contribution < 1.29 is 72.9 Å². The normalized spacial score (nSPS) is 16.1. The summed E-state index contributed by atoms with van der Waals surface area (Å²) in [5.41, 5.74) is 28.2. The molecule has 30 heteroatoms. The number of nitrogens with one attached hydrogen (secondary N) is 7. The molecule has 9 unspecified atom stereocenters. The molecule has 0 aromatic heterocycles. The molecule has 0 saturated carbocycles. The number of carbonyl (C=O) groups excluding carboxylic acids is 10. The zero-order valence-electron chi connectivity index (χ0n) is 42.2. The topological polar surface area (TPSA) is 495 Å². The molecule has 0 radical (unpaired) electrons. The smallest absolute Gasteiger partial charge is 0.326 e. The number of nitrogens with zero attached hydrogens (tertiary/aromatic N) is 2. The number of nitrogens with two attached hydrogens (primary N) is 5. The van der Waals surface area contributed by atoms with E-state index in [1.54, 1.807) is 44.2 Å². The Morgan fingerprint density at radius 1 is 0.645 bits per heavy atom. The molecule has 1 aromatic rings. The molecule has 10 amide bonds. The number of aliphatic hydroxyl groups excluding tert-OH is 1. The number of carbonyl (C=O) groups is 12. The van der Waals surface area contributed by atoms with Crippen molar-refractivity contribution in [1.29, 1.82) is 0 Å². The monoisotopic (exact) mass is 1090 g/mol. The van der Waals surface area contributed by atoms with Crippen LogP contribution in [0.2, 0.25) is 0 Å². The van der Waals surface area contributed by atoms with E-state index >= 15 is 0 Å². The van der Waals surface area contributed by atoms with Gasteiger partial charge in [-0.3, -0.25) is 57.7 Å². The maximum absolute atomic E-state index is 14.2. The highest BCUT2D eigenvalue weighted by atomic mass is 32.1. The second kappa shape index (κ2) is 32.7. The van der Waals surface area contributed by atoms with Crippen molar-refractivity contribution in [1.82, 2.24) is 42.1 Å². The summed E-state index contributed by atoms with van der Waals surface area (Å²) in [6.45, 7) is 2.20. The lowest BCUT2D eigenvalue weighted by Gasteiger charge is -2.29. The van der Waals surface area contributed by atoms with E-state index in [4.69, 9.17) is 33.8 Å². The molecule has 1 aromatic carbocycles. The van der Waals surface area contributed by atoms with Crippen molar-refractivity contribution in [3.8, 4) is 0 Å². The Labute approximate surface area is 443 Å².